The van der Waals surface area contributed by atoms with Gasteiger partial charge in [0.05, 0.1) is 19.0 Å². The van der Waals surface area contributed by atoms with Crippen molar-refractivity contribution in [3.63, 3.8) is 0 Å². The Morgan fingerprint density at radius 1 is 0.972 bits per heavy atom. The van der Waals surface area contributed by atoms with Crippen LogP contribution in [-0.4, -0.2) is 75.4 Å². The van der Waals surface area contributed by atoms with Crippen LogP contribution in [0.3, 0.4) is 0 Å². The standard InChI is InChI=1S/C22H28N6O8/c23-13(7-11-9-25-14-4-2-1-3-12(11)14)20(33)26-10-18(30)27-16(8-19(31)32)21(34)28-15(22(35)36)5-6-17(24)29/h1-4,9,13,15-16,25H,5-8,10,23H2,(H2,24,29)(H,26,33)(H,27,30)(H,28,34)(H,31,32)(H,35,36). The Kier molecular flexibility index (Phi) is 9.92. The van der Waals surface area contributed by atoms with Gasteiger partial charge in [-0.2, -0.15) is 0 Å². The minimum Gasteiger partial charge on any atom is -0.481 e. The van der Waals surface area contributed by atoms with E-state index in [1.165, 1.54) is 0 Å². The average molecular weight is 505 g/mol. The Hall–Kier alpha value is -4.46. The first-order chi connectivity index (χ1) is 17.0. The van der Waals surface area contributed by atoms with Crippen LogP contribution in [0.15, 0.2) is 30.5 Å². The van der Waals surface area contributed by atoms with Crippen molar-refractivity contribution in [3.05, 3.63) is 36.0 Å². The second kappa shape index (κ2) is 12.9. The number of hydrogen-bond donors (Lipinski definition) is 8. The molecule has 194 valence electrons. The van der Waals surface area contributed by atoms with Crippen LogP contribution in [0, 0.1) is 0 Å². The number of para-hydroxylation sites is 1. The molecular weight excluding hydrogens is 476 g/mol. The van der Waals surface area contributed by atoms with E-state index in [4.69, 9.17) is 16.6 Å². The number of carbonyl (C=O) groups excluding carboxylic acids is 4. The molecule has 0 fully saturated rings. The van der Waals surface area contributed by atoms with Crippen LogP contribution in [-0.2, 0) is 35.2 Å². The fourth-order valence-electron chi connectivity index (χ4n) is 3.37. The highest BCUT2D eigenvalue weighted by atomic mass is 16.4. The maximum absolute atomic E-state index is 12.4. The van der Waals surface area contributed by atoms with Crippen LogP contribution in [0.25, 0.3) is 10.9 Å². The van der Waals surface area contributed by atoms with Crippen LogP contribution in [0.2, 0.25) is 0 Å². The molecule has 0 saturated carbocycles. The van der Waals surface area contributed by atoms with E-state index in [-0.39, 0.29) is 19.3 Å². The van der Waals surface area contributed by atoms with Gasteiger partial charge in [0, 0.05) is 23.5 Å². The van der Waals surface area contributed by atoms with E-state index in [0.29, 0.717) is 0 Å². The van der Waals surface area contributed by atoms with Crippen molar-refractivity contribution < 1.29 is 39.0 Å². The largest absolute Gasteiger partial charge is 0.481 e. The van der Waals surface area contributed by atoms with Gasteiger partial charge in [0.1, 0.15) is 12.1 Å². The van der Waals surface area contributed by atoms with E-state index in [0.717, 1.165) is 16.5 Å². The highest BCUT2D eigenvalue weighted by molar-refractivity contribution is 5.94. The van der Waals surface area contributed by atoms with Crippen LogP contribution in [0.1, 0.15) is 24.8 Å². The summed E-state index contributed by atoms with van der Waals surface area (Å²) in [5.74, 6) is -6.33. The number of aromatic amines is 1. The molecule has 0 aliphatic rings. The van der Waals surface area contributed by atoms with Gasteiger partial charge in [-0.25, -0.2) is 4.79 Å². The topological polar surface area (TPSA) is 247 Å². The number of nitrogens with two attached hydrogens (primary N) is 2. The monoisotopic (exact) mass is 504 g/mol. The van der Waals surface area contributed by atoms with Gasteiger partial charge in [-0.3, -0.25) is 24.0 Å². The minimum atomic E-state index is -1.64. The minimum absolute atomic E-state index is 0.184. The second-order valence-corrected chi connectivity index (χ2v) is 8.01. The zero-order valence-corrected chi connectivity index (χ0v) is 19.2. The number of carbonyl (C=O) groups is 6. The number of H-pyrrole nitrogens is 1. The Bertz CT molecular complexity index is 1150. The van der Waals surface area contributed by atoms with E-state index >= 15 is 0 Å². The van der Waals surface area contributed by atoms with Crippen molar-refractivity contribution in [2.24, 2.45) is 11.5 Å². The first kappa shape index (κ1) is 27.8. The van der Waals surface area contributed by atoms with Gasteiger partial charge in [-0.05, 0) is 24.5 Å². The molecule has 0 bridgehead atoms. The number of nitrogens with one attached hydrogen (secondary N) is 4. The number of rotatable bonds is 14. The summed E-state index contributed by atoms with van der Waals surface area (Å²) in [6.07, 6.45) is 0.400. The van der Waals surface area contributed by atoms with E-state index in [9.17, 15) is 33.9 Å². The Morgan fingerprint density at radius 2 is 1.67 bits per heavy atom. The van der Waals surface area contributed by atoms with Gasteiger partial charge >= 0.3 is 11.9 Å². The summed E-state index contributed by atoms with van der Waals surface area (Å²) >= 11 is 0. The molecule has 0 aliphatic heterocycles. The van der Waals surface area contributed by atoms with E-state index in [2.05, 4.69) is 20.9 Å². The molecule has 14 heteroatoms. The van der Waals surface area contributed by atoms with Crippen molar-refractivity contribution in [3.8, 4) is 0 Å². The lowest BCUT2D eigenvalue weighted by Crippen LogP contribution is -2.54. The van der Waals surface area contributed by atoms with Gasteiger partial charge in [0.15, 0.2) is 0 Å². The second-order valence-electron chi connectivity index (χ2n) is 8.01. The molecule has 10 N–H and O–H groups in total. The molecule has 0 aliphatic carbocycles. The number of carboxylic acid groups (broad SMARTS) is 2. The number of primary amides is 1. The lowest BCUT2D eigenvalue weighted by Gasteiger charge is -2.20. The van der Waals surface area contributed by atoms with Crippen LogP contribution < -0.4 is 27.4 Å². The van der Waals surface area contributed by atoms with Crippen molar-refractivity contribution >= 4 is 46.5 Å². The Balaban J connectivity index is 1.92. The highest BCUT2D eigenvalue weighted by Crippen LogP contribution is 2.18. The lowest BCUT2D eigenvalue weighted by molar-refractivity contribution is -0.143. The molecule has 3 atom stereocenters. The highest BCUT2D eigenvalue weighted by Gasteiger charge is 2.28. The maximum Gasteiger partial charge on any atom is 0.326 e. The zero-order valence-electron chi connectivity index (χ0n) is 19.2. The van der Waals surface area contributed by atoms with Crippen molar-refractivity contribution in [1.29, 1.82) is 0 Å². The number of fused-ring (bicyclic) bond motifs is 1. The molecule has 2 aromatic rings. The molecule has 1 aromatic heterocycles. The number of carboxylic acids is 2. The third kappa shape index (κ3) is 8.39. The number of aromatic nitrogens is 1. The summed E-state index contributed by atoms with van der Waals surface area (Å²) < 4.78 is 0. The van der Waals surface area contributed by atoms with Crippen molar-refractivity contribution in [2.45, 2.75) is 43.8 Å². The first-order valence-corrected chi connectivity index (χ1v) is 10.9. The third-order valence-corrected chi connectivity index (χ3v) is 5.20. The van der Waals surface area contributed by atoms with Crippen molar-refractivity contribution in [1.82, 2.24) is 20.9 Å². The predicted molar refractivity (Wildman–Crippen MR) is 125 cm³/mol. The summed E-state index contributed by atoms with van der Waals surface area (Å²) in [6, 6.07) is 3.29. The molecule has 2 rings (SSSR count). The van der Waals surface area contributed by atoms with Gasteiger partial charge in [0.25, 0.3) is 0 Å². The SMILES string of the molecule is NC(=O)CCC(NC(=O)C(CC(=O)O)NC(=O)CNC(=O)C(N)Cc1c[nH]c2ccccc12)C(=O)O. The number of amides is 4. The van der Waals surface area contributed by atoms with Crippen molar-refractivity contribution in [2.75, 3.05) is 6.54 Å². The molecular formula is C22H28N6O8. The third-order valence-electron chi connectivity index (χ3n) is 5.20. The van der Waals surface area contributed by atoms with E-state index in [1.807, 2.05) is 24.3 Å². The predicted octanol–water partition coefficient (Wildman–Crippen LogP) is -2.05. The fourth-order valence-corrected chi connectivity index (χ4v) is 3.37. The fraction of sp³-hybridized carbons (Fsp3) is 0.364. The number of aliphatic carboxylic acids is 2. The zero-order chi connectivity index (χ0) is 26.8. The molecule has 0 spiro atoms. The van der Waals surface area contributed by atoms with Crippen LogP contribution in [0.4, 0.5) is 0 Å². The Labute approximate surface area is 204 Å². The normalized spacial score (nSPS) is 13.2. The Morgan fingerprint density at radius 3 is 2.31 bits per heavy atom. The maximum atomic E-state index is 12.4. The summed E-state index contributed by atoms with van der Waals surface area (Å²) in [5, 5.41) is 25.7. The molecule has 14 nitrogen and oxygen atoms in total. The average Bonchev–Trinajstić information content (AvgIpc) is 3.21. The quantitative estimate of drug-likeness (QED) is 0.141. The summed E-state index contributed by atoms with van der Waals surface area (Å²) in [6.45, 7) is -0.603. The van der Waals surface area contributed by atoms with Crippen LogP contribution in [0.5, 0.6) is 0 Å². The lowest BCUT2D eigenvalue weighted by atomic mass is 10.1. The molecule has 1 aromatic carbocycles. The number of benzene rings is 1. The summed E-state index contributed by atoms with van der Waals surface area (Å²) in [5.41, 5.74) is 12.6. The summed E-state index contributed by atoms with van der Waals surface area (Å²) in [4.78, 5) is 73.5. The smallest absolute Gasteiger partial charge is 0.326 e. The molecule has 1 heterocycles. The van der Waals surface area contributed by atoms with E-state index < -0.39 is 66.7 Å². The van der Waals surface area contributed by atoms with Gasteiger partial charge in [0.2, 0.25) is 23.6 Å². The van der Waals surface area contributed by atoms with Crippen LogP contribution >= 0.6 is 0 Å². The van der Waals surface area contributed by atoms with Gasteiger partial charge in [-0.15, -0.1) is 0 Å². The van der Waals surface area contributed by atoms with Gasteiger partial charge < -0.3 is 42.6 Å². The van der Waals surface area contributed by atoms with Gasteiger partial charge in [-0.1, -0.05) is 18.2 Å². The molecule has 0 radical (unpaired) electrons. The molecule has 36 heavy (non-hydrogen) atoms. The molecule has 3 unspecified atom stereocenters. The molecule has 4 amide bonds. The molecule has 0 saturated heterocycles. The number of hydrogen-bond acceptors (Lipinski definition) is 7. The van der Waals surface area contributed by atoms with E-state index in [1.54, 1.807) is 6.20 Å². The summed E-state index contributed by atoms with van der Waals surface area (Å²) in [7, 11) is 0. The first-order valence-electron chi connectivity index (χ1n) is 10.9.